The van der Waals surface area contributed by atoms with E-state index in [1.807, 2.05) is 13.8 Å². The summed E-state index contributed by atoms with van der Waals surface area (Å²) in [5, 5.41) is 0. The molecule has 5 aromatic carbocycles. The van der Waals surface area contributed by atoms with Gasteiger partial charge >= 0.3 is 0 Å². The van der Waals surface area contributed by atoms with Crippen LogP contribution in [0, 0.1) is 0 Å². The molecule has 0 saturated carbocycles. The lowest BCUT2D eigenvalue weighted by molar-refractivity contribution is 0.731. The molecule has 0 atom stereocenters. The fourth-order valence-corrected chi connectivity index (χ4v) is 5.27. The van der Waals surface area contributed by atoms with E-state index in [4.69, 9.17) is 0 Å². The molecule has 1 aliphatic rings. The zero-order valence-electron chi connectivity index (χ0n) is 19.7. The van der Waals surface area contributed by atoms with Crippen LogP contribution in [0.15, 0.2) is 140 Å². The Hall–Kier alpha value is -4.10. The summed E-state index contributed by atoms with van der Waals surface area (Å²) in [6.07, 6.45) is 0. The van der Waals surface area contributed by atoms with Crippen LogP contribution in [0.4, 0.5) is 17.1 Å². The first-order chi connectivity index (χ1) is 16.9. The van der Waals surface area contributed by atoms with E-state index >= 15 is 0 Å². The van der Waals surface area contributed by atoms with E-state index in [1.54, 1.807) is 0 Å². The van der Waals surface area contributed by atoms with Gasteiger partial charge in [-0.05, 0) is 46.5 Å². The SMILES string of the molecule is CC.c1ccc(N2c3ccccc3C(c3ccccc3)(c3ccccc3)c3ccccc32)cc1. The van der Waals surface area contributed by atoms with Crippen molar-refractivity contribution in [3.63, 3.8) is 0 Å². The minimum atomic E-state index is -0.402. The van der Waals surface area contributed by atoms with Gasteiger partial charge in [0.15, 0.2) is 0 Å². The second-order valence-corrected chi connectivity index (χ2v) is 8.19. The van der Waals surface area contributed by atoms with E-state index in [-0.39, 0.29) is 0 Å². The highest BCUT2D eigenvalue weighted by atomic mass is 15.2. The first-order valence-electron chi connectivity index (χ1n) is 12.1. The average Bonchev–Trinajstić information content (AvgIpc) is 2.94. The molecule has 0 unspecified atom stereocenters. The van der Waals surface area contributed by atoms with Crippen LogP contribution in [0.2, 0.25) is 0 Å². The van der Waals surface area contributed by atoms with Gasteiger partial charge < -0.3 is 4.90 Å². The minimum absolute atomic E-state index is 0.402. The molecule has 0 aliphatic carbocycles. The molecule has 0 radical (unpaired) electrons. The molecular formula is C33H29N. The van der Waals surface area contributed by atoms with Gasteiger partial charge in [-0.2, -0.15) is 0 Å². The summed E-state index contributed by atoms with van der Waals surface area (Å²) in [4.78, 5) is 2.40. The van der Waals surface area contributed by atoms with E-state index in [9.17, 15) is 0 Å². The Morgan fingerprint density at radius 3 is 1.21 bits per heavy atom. The molecule has 0 N–H and O–H groups in total. The zero-order chi connectivity index (χ0) is 23.4. The molecule has 1 heteroatoms. The third-order valence-corrected chi connectivity index (χ3v) is 6.53. The minimum Gasteiger partial charge on any atom is -0.310 e. The lowest BCUT2D eigenvalue weighted by Crippen LogP contribution is -2.37. The number of fused-ring (bicyclic) bond motifs is 2. The zero-order valence-corrected chi connectivity index (χ0v) is 19.7. The Bertz CT molecular complexity index is 1270. The van der Waals surface area contributed by atoms with Crippen LogP contribution in [0.25, 0.3) is 0 Å². The molecule has 1 aliphatic heterocycles. The highest BCUT2D eigenvalue weighted by Gasteiger charge is 2.46. The monoisotopic (exact) mass is 439 g/mol. The molecule has 0 spiro atoms. The molecule has 166 valence electrons. The number of hydrogen-bond acceptors (Lipinski definition) is 1. The molecular weight excluding hydrogens is 410 g/mol. The maximum absolute atomic E-state index is 2.40. The fourth-order valence-electron chi connectivity index (χ4n) is 5.27. The Balaban J connectivity index is 0.00000117. The summed E-state index contributed by atoms with van der Waals surface area (Å²) in [7, 11) is 0. The highest BCUT2D eigenvalue weighted by Crippen LogP contribution is 2.57. The number of nitrogens with zero attached hydrogens (tertiary/aromatic N) is 1. The molecule has 0 bridgehead atoms. The van der Waals surface area contributed by atoms with Gasteiger partial charge in [0, 0.05) is 5.69 Å². The van der Waals surface area contributed by atoms with E-state index < -0.39 is 5.41 Å². The molecule has 1 nitrogen and oxygen atoms in total. The van der Waals surface area contributed by atoms with Gasteiger partial charge in [0.2, 0.25) is 0 Å². The number of anilines is 3. The maximum atomic E-state index is 2.40. The second kappa shape index (κ2) is 9.41. The Labute approximate surface area is 203 Å². The average molecular weight is 440 g/mol. The van der Waals surface area contributed by atoms with Gasteiger partial charge in [0.1, 0.15) is 0 Å². The van der Waals surface area contributed by atoms with Crippen LogP contribution in [0.5, 0.6) is 0 Å². The number of hydrogen-bond donors (Lipinski definition) is 0. The van der Waals surface area contributed by atoms with Crippen molar-refractivity contribution in [2.75, 3.05) is 4.90 Å². The van der Waals surface area contributed by atoms with E-state index in [0.717, 1.165) is 0 Å². The topological polar surface area (TPSA) is 3.24 Å². The van der Waals surface area contributed by atoms with Crippen molar-refractivity contribution in [2.24, 2.45) is 0 Å². The molecule has 34 heavy (non-hydrogen) atoms. The van der Waals surface area contributed by atoms with Crippen molar-refractivity contribution in [3.8, 4) is 0 Å². The van der Waals surface area contributed by atoms with E-state index in [2.05, 4.69) is 144 Å². The van der Waals surface area contributed by atoms with Crippen molar-refractivity contribution < 1.29 is 0 Å². The summed E-state index contributed by atoms with van der Waals surface area (Å²) < 4.78 is 0. The van der Waals surface area contributed by atoms with Crippen LogP contribution in [0.3, 0.4) is 0 Å². The molecule has 6 rings (SSSR count). The van der Waals surface area contributed by atoms with Crippen LogP contribution in [-0.2, 0) is 5.41 Å². The van der Waals surface area contributed by atoms with E-state index in [0.29, 0.717) is 0 Å². The van der Waals surface area contributed by atoms with Crippen LogP contribution >= 0.6 is 0 Å². The van der Waals surface area contributed by atoms with Crippen molar-refractivity contribution in [3.05, 3.63) is 162 Å². The van der Waals surface area contributed by atoms with Crippen LogP contribution in [-0.4, -0.2) is 0 Å². The van der Waals surface area contributed by atoms with Gasteiger partial charge in [-0.25, -0.2) is 0 Å². The van der Waals surface area contributed by atoms with E-state index in [1.165, 1.54) is 39.3 Å². The lowest BCUT2D eigenvalue weighted by Gasteiger charge is -2.46. The van der Waals surface area contributed by atoms with Crippen molar-refractivity contribution >= 4 is 17.1 Å². The van der Waals surface area contributed by atoms with Gasteiger partial charge in [-0.3, -0.25) is 0 Å². The molecule has 0 saturated heterocycles. The summed E-state index contributed by atoms with van der Waals surface area (Å²) in [5.74, 6) is 0. The Morgan fingerprint density at radius 2 is 0.765 bits per heavy atom. The molecule has 0 fully saturated rings. The van der Waals surface area contributed by atoms with Gasteiger partial charge in [0.05, 0.1) is 16.8 Å². The predicted octanol–water partition coefficient (Wildman–Crippen LogP) is 8.88. The van der Waals surface area contributed by atoms with Crippen molar-refractivity contribution in [1.29, 1.82) is 0 Å². The standard InChI is InChI=1S/C31H23N.C2H6/c1-4-14-24(15-5-1)31(25-16-6-2-7-17-25)27-20-10-12-22-29(27)32(26-18-8-3-9-19-26)30-23-13-11-21-28(30)31;1-2/h1-23H;1-2H3. The number of para-hydroxylation sites is 3. The van der Waals surface area contributed by atoms with Gasteiger partial charge in [0.25, 0.3) is 0 Å². The third-order valence-electron chi connectivity index (χ3n) is 6.53. The Kier molecular flexibility index (Phi) is 6.01. The molecule has 0 aromatic heterocycles. The molecule has 0 amide bonds. The lowest BCUT2D eigenvalue weighted by atomic mass is 9.62. The normalized spacial score (nSPS) is 13.2. The third kappa shape index (κ3) is 3.33. The van der Waals surface area contributed by atoms with Crippen LogP contribution in [0.1, 0.15) is 36.1 Å². The quantitative estimate of drug-likeness (QED) is 0.266. The molecule has 5 aromatic rings. The first kappa shape index (κ1) is 21.7. The summed E-state index contributed by atoms with van der Waals surface area (Å²) in [6, 6.07) is 50.2. The number of rotatable bonds is 3. The summed E-state index contributed by atoms with van der Waals surface area (Å²) in [6.45, 7) is 4.00. The first-order valence-corrected chi connectivity index (χ1v) is 12.1. The van der Waals surface area contributed by atoms with Crippen molar-refractivity contribution in [2.45, 2.75) is 19.3 Å². The number of benzene rings is 5. The molecule has 1 heterocycles. The smallest absolute Gasteiger partial charge is 0.0742 e. The van der Waals surface area contributed by atoms with Gasteiger partial charge in [-0.15, -0.1) is 0 Å². The highest BCUT2D eigenvalue weighted by molar-refractivity contribution is 5.89. The van der Waals surface area contributed by atoms with Crippen molar-refractivity contribution in [1.82, 2.24) is 0 Å². The predicted molar refractivity (Wildman–Crippen MR) is 144 cm³/mol. The fraction of sp³-hybridized carbons (Fsp3) is 0.0909. The van der Waals surface area contributed by atoms with Crippen LogP contribution < -0.4 is 4.90 Å². The summed E-state index contributed by atoms with van der Waals surface area (Å²) >= 11 is 0. The Morgan fingerprint density at radius 1 is 0.412 bits per heavy atom. The largest absolute Gasteiger partial charge is 0.310 e. The van der Waals surface area contributed by atoms with Gasteiger partial charge in [-0.1, -0.05) is 129 Å². The summed E-state index contributed by atoms with van der Waals surface area (Å²) in [5.41, 5.74) is 8.33. The maximum Gasteiger partial charge on any atom is 0.0742 e. The second-order valence-electron chi connectivity index (χ2n) is 8.19.